The summed E-state index contributed by atoms with van der Waals surface area (Å²) in [5.74, 6) is -1.10. The van der Waals surface area contributed by atoms with Crippen LogP contribution in [-0.2, 0) is 0 Å². The summed E-state index contributed by atoms with van der Waals surface area (Å²) in [5.41, 5.74) is 1.04. The maximum absolute atomic E-state index is 10.9. The second-order valence-electron chi connectivity index (χ2n) is 2.94. The number of nitrogens with zero attached hydrogens (tertiary/aromatic N) is 4. The van der Waals surface area contributed by atoms with Gasteiger partial charge in [-0.1, -0.05) is 0 Å². The Morgan fingerprint density at radius 2 is 2.40 bits per heavy atom. The lowest BCUT2D eigenvalue weighted by Gasteiger charge is -1.96. The fraction of sp³-hybridized carbons (Fsp3) is 0.111. The molecule has 15 heavy (non-hydrogen) atoms. The molecule has 1 N–H and O–H groups in total. The monoisotopic (exact) mass is 202 g/mol. The van der Waals surface area contributed by atoms with Crippen molar-refractivity contribution in [3.8, 4) is 6.07 Å². The summed E-state index contributed by atoms with van der Waals surface area (Å²) in [4.78, 5) is 14.8. The number of nitriles is 1. The predicted molar refractivity (Wildman–Crippen MR) is 49.4 cm³/mol. The van der Waals surface area contributed by atoms with Gasteiger partial charge in [0.05, 0.1) is 5.69 Å². The van der Waals surface area contributed by atoms with E-state index in [1.807, 2.05) is 6.07 Å². The Hall–Kier alpha value is -2.42. The molecule has 0 amide bonds. The number of hydrogen-bond donors (Lipinski definition) is 1. The Kier molecular flexibility index (Phi) is 1.87. The first-order chi connectivity index (χ1) is 7.15. The standard InChI is InChI=1S/C9H6N4O2/c1-5-6(4-10)8-11-3-2-7(9(14)15)13(8)12-5/h2-3H,1H3,(H,14,15). The number of aromatic carboxylic acids is 1. The number of aryl methyl sites for hydroxylation is 1. The fourth-order valence-electron chi connectivity index (χ4n) is 1.34. The second kappa shape index (κ2) is 3.06. The van der Waals surface area contributed by atoms with E-state index in [0.29, 0.717) is 11.3 Å². The van der Waals surface area contributed by atoms with Crippen LogP contribution in [0.25, 0.3) is 5.65 Å². The molecule has 0 saturated carbocycles. The fourth-order valence-corrected chi connectivity index (χ4v) is 1.34. The van der Waals surface area contributed by atoms with Crippen LogP contribution in [0.15, 0.2) is 12.3 Å². The van der Waals surface area contributed by atoms with Crippen molar-refractivity contribution < 1.29 is 9.90 Å². The van der Waals surface area contributed by atoms with Gasteiger partial charge < -0.3 is 5.11 Å². The Morgan fingerprint density at radius 3 is 3.00 bits per heavy atom. The number of rotatable bonds is 1. The molecule has 0 aliphatic heterocycles. The predicted octanol–water partition coefficient (Wildman–Crippen LogP) is 0.608. The van der Waals surface area contributed by atoms with Crippen LogP contribution in [0.4, 0.5) is 0 Å². The summed E-state index contributed by atoms with van der Waals surface area (Å²) in [6, 6.07) is 3.28. The summed E-state index contributed by atoms with van der Waals surface area (Å²) in [6.07, 6.45) is 1.35. The highest BCUT2D eigenvalue weighted by Gasteiger charge is 2.15. The maximum Gasteiger partial charge on any atom is 0.354 e. The van der Waals surface area contributed by atoms with Crippen LogP contribution in [0, 0.1) is 18.3 Å². The van der Waals surface area contributed by atoms with E-state index in [1.54, 1.807) is 6.92 Å². The molecule has 0 atom stereocenters. The van der Waals surface area contributed by atoms with E-state index in [9.17, 15) is 4.79 Å². The van der Waals surface area contributed by atoms with Crippen molar-refractivity contribution in [2.45, 2.75) is 6.92 Å². The van der Waals surface area contributed by atoms with E-state index >= 15 is 0 Å². The van der Waals surface area contributed by atoms with Crippen molar-refractivity contribution in [3.63, 3.8) is 0 Å². The van der Waals surface area contributed by atoms with Crippen LogP contribution in [0.3, 0.4) is 0 Å². The third-order valence-corrected chi connectivity index (χ3v) is 2.02. The van der Waals surface area contributed by atoms with Gasteiger partial charge in [0.1, 0.15) is 11.6 Å². The van der Waals surface area contributed by atoms with Gasteiger partial charge in [-0.05, 0) is 13.0 Å². The number of carboxylic acid groups (broad SMARTS) is 1. The van der Waals surface area contributed by atoms with Crippen molar-refractivity contribution in [1.29, 1.82) is 5.26 Å². The summed E-state index contributed by atoms with van der Waals surface area (Å²) in [5, 5.41) is 21.7. The molecule has 2 aromatic rings. The van der Waals surface area contributed by atoms with E-state index < -0.39 is 5.97 Å². The Bertz CT molecular complexity index is 594. The summed E-state index contributed by atoms with van der Waals surface area (Å²) in [7, 11) is 0. The lowest BCUT2D eigenvalue weighted by Crippen LogP contribution is -2.06. The highest BCUT2D eigenvalue weighted by atomic mass is 16.4. The highest BCUT2D eigenvalue weighted by Crippen LogP contribution is 2.13. The van der Waals surface area contributed by atoms with Crippen molar-refractivity contribution in [2.24, 2.45) is 0 Å². The van der Waals surface area contributed by atoms with Crippen LogP contribution < -0.4 is 0 Å². The molecule has 0 spiro atoms. The molecular weight excluding hydrogens is 196 g/mol. The number of hydrogen-bond acceptors (Lipinski definition) is 4. The van der Waals surface area contributed by atoms with Gasteiger partial charge in [0.25, 0.3) is 0 Å². The first-order valence-electron chi connectivity index (χ1n) is 4.13. The van der Waals surface area contributed by atoms with Gasteiger partial charge in [0.2, 0.25) is 0 Å². The minimum Gasteiger partial charge on any atom is -0.477 e. The molecule has 0 aliphatic rings. The van der Waals surface area contributed by atoms with Gasteiger partial charge in [-0.2, -0.15) is 10.4 Å². The van der Waals surface area contributed by atoms with Crippen LogP contribution in [0.5, 0.6) is 0 Å². The Balaban J connectivity index is 2.91. The molecule has 2 rings (SSSR count). The van der Waals surface area contributed by atoms with Gasteiger partial charge in [0.15, 0.2) is 11.3 Å². The maximum atomic E-state index is 10.9. The molecule has 74 valence electrons. The minimum absolute atomic E-state index is 0.00963. The molecule has 0 fully saturated rings. The van der Waals surface area contributed by atoms with E-state index in [-0.39, 0.29) is 11.3 Å². The van der Waals surface area contributed by atoms with Crippen molar-refractivity contribution in [3.05, 3.63) is 29.2 Å². The number of fused-ring (bicyclic) bond motifs is 1. The van der Waals surface area contributed by atoms with Crippen molar-refractivity contribution >= 4 is 11.6 Å². The van der Waals surface area contributed by atoms with Crippen LogP contribution in [0.2, 0.25) is 0 Å². The molecule has 6 nitrogen and oxygen atoms in total. The normalized spacial score (nSPS) is 10.1. The zero-order chi connectivity index (χ0) is 11.0. The quantitative estimate of drug-likeness (QED) is 0.731. The molecule has 0 radical (unpaired) electrons. The first kappa shape index (κ1) is 9.15. The molecule has 0 aromatic carbocycles. The number of carboxylic acids is 1. The lowest BCUT2D eigenvalue weighted by atomic mass is 10.3. The van der Waals surface area contributed by atoms with Gasteiger partial charge in [0, 0.05) is 6.20 Å². The average Bonchev–Trinajstić information content (AvgIpc) is 2.52. The van der Waals surface area contributed by atoms with Gasteiger partial charge in [-0.25, -0.2) is 14.3 Å². The summed E-state index contributed by atoms with van der Waals surface area (Å²) < 4.78 is 1.16. The van der Waals surface area contributed by atoms with E-state index in [1.165, 1.54) is 12.3 Å². The molecular formula is C9H6N4O2. The summed E-state index contributed by atoms with van der Waals surface area (Å²) >= 11 is 0. The van der Waals surface area contributed by atoms with Gasteiger partial charge in [-0.3, -0.25) is 0 Å². The lowest BCUT2D eigenvalue weighted by molar-refractivity contribution is 0.0687. The molecule has 0 bridgehead atoms. The zero-order valence-corrected chi connectivity index (χ0v) is 7.80. The number of carbonyl (C=O) groups is 1. The topological polar surface area (TPSA) is 91.3 Å². The Labute approximate surface area is 84.4 Å². The smallest absolute Gasteiger partial charge is 0.354 e. The SMILES string of the molecule is Cc1nn2c(C(=O)O)ccnc2c1C#N. The molecule has 0 aliphatic carbocycles. The van der Waals surface area contributed by atoms with Crippen LogP contribution in [0.1, 0.15) is 21.7 Å². The third-order valence-electron chi connectivity index (χ3n) is 2.02. The van der Waals surface area contributed by atoms with E-state index in [4.69, 9.17) is 10.4 Å². The summed E-state index contributed by atoms with van der Waals surface area (Å²) in [6.45, 7) is 1.64. The van der Waals surface area contributed by atoms with Gasteiger partial charge in [-0.15, -0.1) is 0 Å². The third kappa shape index (κ3) is 1.21. The van der Waals surface area contributed by atoms with Gasteiger partial charge >= 0.3 is 5.97 Å². The minimum atomic E-state index is -1.10. The molecule has 6 heteroatoms. The van der Waals surface area contributed by atoms with Crippen molar-refractivity contribution in [2.75, 3.05) is 0 Å². The molecule has 2 heterocycles. The zero-order valence-electron chi connectivity index (χ0n) is 7.80. The van der Waals surface area contributed by atoms with Crippen LogP contribution >= 0.6 is 0 Å². The molecule has 0 unspecified atom stereocenters. The highest BCUT2D eigenvalue weighted by molar-refractivity contribution is 5.86. The van der Waals surface area contributed by atoms with Crippen molar-refractivity contribution in [1.82, 2.24) is 14.6 Å². The Morgan fingerprint density at radius 1 is 1.67 bits per heavy atom. The van der Waals surface area contributed by atoms with E-state index in [2.05, 4.69) is 10.1 Å². The molecule has 2 aromatic heterocycles. The number of aromatic nitrogens is 3. The first-order valence-corrected chi connectivity index (χ1v) is 4.13. The average molecular weight is 202 g/mol. The van der Waals surface area contributed by atoms with E-state index in [0.717, 1.165) is 4.52 Å². The molecule has 0 saturated heterocycles. The largest absolute Gasteiger partial charge is 0.477 e. The second-order valence-corrected chi connectivity index (χ2v) is 2.94. The van der Waals surface area contributed by atoms with Crippen LogP contribution in [-0.4, -0.2) is 25.7 Å².